The Balaban J connectivity index is 0.000000593. The van der Waals surface area contributed by atoms with Gasteiger partial charge in [-0.1, -0.05) is 13.2 Å². The monoisotopic (exact) mass is 356 g/mol. The Kier molecular flexibility index (Phi) is 13.0. The lowest BCUT2D eigenvalue weighted by Gasteiger charge is -2.06. The van der Waals surface area contributed by atoms with Crippen molar-refractivity contribution in [1.82, 2.24) is 0 Å². The van der Waals surface area contributed by atoms with E-state index in [1.165, 1.54) is 0 Å². The first kappa shape index (κ1) is 22.9. The number of carbonyl (C=O) groups excluding carboxylic acids is 3. The molecule has 142 valence electrons. The van der Waals surface area contributed by atoms with Crippen molar-refractivity contribution >= 4 is 17.9 Å². The third kappa shape index (κ3) is 13.9. The van der Waals surface area contributed by atoms with Crippen LogP contribution in [0.1, 0.15) is 39.5 Å². The van der Waals surface area contributed by atoms with Gasteiger partial charge in [-0.3, -0.25) is 4.79 Å². The first-order valence-electron chi connectivity index (χ1n) is 8.23. The molecule has 25 heavy (non-hydrogen) atoms. The van der Waals surface area contributed by atoms with Crippen LogP contribution in [0.3, 0.4) is 0 Å². The molecule has 1 heterocycles. The molecule has 0 amide bonds. The lowest BCUT2D eigenvalue weighted by molar-refractivity contribution is -0.143. The molecule has 0 unspecified atom stereocenters. The molecule has 1 aliphatic heterocycles. The molecule has 0 spiro atoms. The van der Waals surface area contributed by atoms with Crippen LogP contribution < -0.4 is 0 Å². The van der Waals surface area contributed by atoms with Crippen molar-refractivity contribution in [3.05, 3.63) is 24.3 Å². The van der Waals surface area contributed by atoms with Crippen LogP contribution in [-0.2, 0) is 33.3 Å². The normalized spacial score (nSPS) is 13.4. The lowest BCUT2D eigenvalue weighted by atomic mass is 10.2. The Hall–Kier alpha value is -2.15. The standard InChI is InChI=1S/C12H18O5.C6H10O2/c1-9(2)11(13)16-7-5-15-6-8-17-12(14)10(3)4;7-6-4-2-1-3-5-8-6/h1,3,5-8H2,2,4H3;1-5H2. The van der Waals surface area contributed by atoms with Gasteiger partial charge in [0.15, 0.2) is 0 Å². The first-order valence-corrected chi connectivity index (χ1v) is 8.23. The fourth-order valence-corrected chi connectivity index (χ4v) is 1.54. The van der Waals surface area contributed by atoms with E-state index in [-0.39, 0.29) is 32.4 Å². The Morgan fingerprint density at radius 3 is 1.92 bits per heavy atom. The molecule has 7 nitrogen and oxygen atoms in total. The summed E-state index contributed by atoms with van der Waals surface area (Å²) >= 11 is 0. The number of hydrogen-bond donors (Lipinski definition) is 0. The highest BCUT2D eigenvalue weighted by atomic mass is 16.6. The second kappa shape index (κ2) is 14.2. The maximum atomic E-state index is 10.9. The molecule has 0 aromatic heterocycles. The molecule has 1 aliphatic rings. The molecule has 0 aromatic carbocycles. The second-order valence-electron chi connectivity index (χ2n) is 5.48. The van der Waals surface area contributed by atoms with Crippen molar-refractivity contribution in [2.45, 2.75) is 39.5 Å². The summed E-state index contributed by atoms with van der Waals surface area (Å²) in [5.41, 5.74) is 0.695. The van der Waals surface area contributed by atoms with E-state index >= 15 is 0 Å². The zero-order chi connectivity index (χ0) is 19.1. The Bertz CT molecular complexity index is 428. The maximum absolute atomic E-state index is 10.9. The van der Waals surface area contributed by atoms with Crippen molar-refractivity contribution in [1.29, 1.82) is 0 Å². The van der Waals surface area contributed by atoms with Crippen molar-refractivity contribution in [2.75, 3.05) is 33.0 Å². The summed E-state index contributed by atoms with van der Waals surface area (Å²) in [6.45, 7) is 11.5. The van der Waals surface area contributed by atoms with Gasteiger partial charge in [-0.2, -0.15) is 0 Å². The molecule has 0 aliphatic carbocycles. The van der Waals surface area contributed by atoms with Gasteiger partial charge in [-0.25, -0.2) is 9.59 Å². The average Bonchev–Trinajstić information content (AvgIpc) is 2.81. The van der Waals surface area contributed by atoms with Gasteiger partial charge in [-0.15, -0.1) is 0 Å². The van der Waals surface area contributed by atoms with Gasteiger partial charge in [0, 0.05) is 17.6 Å². The summed E-state index contributed by atoms with van der Waals surface area (Å²) in [4.78, 5) is 32.3. The largest absolute Gasteiger partial charge is 0.466 e. The Morgan fingerprint density at radius 1 is 0.920 bits per heavy atom. The summed E-state index contributed by atoms with van der Waals surface area (Å²) in [7, 11) is 0. The first-order chi connectivity index (χ1) is 11.8. The molecule has 1 saturated heterocycles. The van der Waals surface area contributed by atoms with E-state index < -0.39 is 11.9 Å². The maximum Gasteiger partial charge on any atom is 0.333 e. The van der Waals surface area contributed by atoms with E-state index in [0.29, 0.717) is 24.2 Å². The van der Waals surface area contributed by atoms with Gasteiger partial charge < -0.3 is 18.9 Å². The fourth-order valence-electron chi connectivity index (χ4n) is 1.54. The van der Waals surface area contributed by atoms with Gasteiger partial charge in [-0.05, 0) is 33.1 Å². The van der Waals surface area contributed by atoms with Crippen LogP contribution in [0, 0.1) is 0 Å². The van der Waals surface area contributed by atoms with Crippen molar-refractivity contribution < 1.29 is 33.3 Å². The highest BCUT2D eigenvalue weighted by Crippen LogP contribution is 2.06. The summed E-state index contributed by atoms with van der Waals surface area (Å²) in [6.07, 6.45) is 3.83. The summed E-state index contributed by atoms with van der Waals surface area (Å²) in [5.74, 6) is -0.910. The molecule has 0 N–H and O–H groups in total. The predicted octanol–water partition coefficient (Wildman–Crippen LogP) is 2.35. The van der Waals surface area contributed by atoms with Crippen LogP contribution in [0.15, 0.2) is 24.3 Å². The Labute approximate surface area is 149 Å². The third-order valence-corrected chi connectivity index (χ3v) is 2.91. The van der Waals surface area contributed by atoms with Crippen LogP contribution >= 0.6 is 0 Å². The fraction of sp³-hybridized carbons (Fsp3) is 0.611. The molecule has 7 heteroatoms. The van der Waals surface area contributed by atoms with Crippen LogP contribution in [0.25, 0.3) is 0 Å². The third-order valence-electron chi connectivity index (χ3n) is 2.91. The van der Waals surface area contributed by atoms with Crippen molar-refractivity contribution in [2.24, 2.45) is 0 Å². The molecule has 0 radical (unpaired) electrons. The smallest absolute Gasteiger partial charge is 0.333 e. The summed E-state index contributed by atoms with van der Waals surface area (Å²) in [5, 5.41) is 0. The van der Waals surface area contributed by atoms with E-state index in [0.717, 1.165) is 19.3 Å². The quantitative estimate of drug-likeness (QED) is 0.285. The highest BCUT2D eigenvalue weighted by Gasteiger charge is 2.06. The van der Waals surface area contributed by atoms with E-state index in [2.05, 4.69) is 13.2 Å². The van der Waals surface area contributed by atoms with E-state index in [4.69, 9.17) is 18.9 Å². The highest BCUT2D eigenvalue weighted by molar-refractivity contribution is 5.87. The zero-order valence-electron chi connectivity index (χ0n) is 15.1. The van der Waals surface area contributed by atoms with Crippen LogP contribution in [0.2, 0.25) is 0 Å². The zero-order valence-corrected chi connectivity index (χ0v) is 15.1. The molecule has 0 aromatic rings. The minimum Gasteiger partial charge on any atom is -0.466 e. The van der Waals surface area contributed by atoms with Crippen LogP contribution in [-0.4, -0.2) is 50.9 Å². The molecule has 0 bridgehead atoms. The van der Waals surface area contributed by atoms with Gasteiger partial charge in [0.25, 0.3) is 0 Å². The summed E-state index contributed by atoms with van der Waals surface area (Å²) in [6, 6.07) is 0. The molecule has 1 rings (SSSR count). The summed E-state index contributed by atoms with van der Waals surface area (Å²) < 4.78 is 19.4. The van der Waals surface area contributed by atoms with Crippen LogP contribution in [0.4, 0.5) is 0 Å². The van der Waals surface area contributed by atoms with E-state index in [9.17, 15) is 14.4 Å². The number of rotatable bonds is 8. The lowest BCUT2D eigenvalue weighted by Crippen LogP contribution is -2.14. The topological polar surface area (TPSA) is 88.1 Å². The predicted molar refractivity (Wildman–Crippen MR) is 91.8 cm³/mol. The number of cyclic esters (lactones) is 1. The molecule has 0 saturated carbocycles. The van der Waals surface area contributed by atoms with E-state index in [1.807, 2.05) is 0 Å². The van der Waals surface area contributed by atoms with Gasteiger partial charge in [0.2, 0.25) is 0 Å². The SMILES string of the molecule is C=C(C)C(=O)OCCOCCOC(=O)C(=C)C.O=C1CCCCCO1. The number of carbonyl (C=O) groups is 3. The number of esters is 3. The number of hydrogen-bond acceptors (Lipinski definition) is 7. The molecular weight excluding hydrogens is 328 g/mol. The Morgan fingerprint density at radius 2 is 1.44 bits per heavy atom. The van der Waals surface area contributed by atoms with Crippen molar-refractivity contribution in [3.63, 3.8) is 0 Å². The average molecular weight is 356 g/mol. The number of ether oxygens (including phenoxy) is 4. The molecule has 0 atom stereocenters. The van der Waals surface area contributed by atoms with Gasteiger partial charge in [0.1, 0.15) is 13.2 Å². The van der Waals surface area contributed by atoms with Gasteiger partial charge in [0.05, 0.1) is 19.8 Å². The minimum atomic E-state index is -0.442. The second-order valence-corrected chi connectivity index (χ2v) is 5.48. The molecule has 1 fully saturated rings. The van der Waals surface area contributed by atoms with Crippen LogP contribution in [0.5, 0.6) is 0 Å². The van der Waals surface area contributed by atoms with Gasteiger partial charge >= 0.3 is 17.9 Å². The molecular formula is C18H28O7. The van der Waals surface area contributed by atoms with Crippen molar-refractivity contribution in [3.8, 4) is 0 Å². The minimum absolute atomic E-state index is 0.0255. The van der Waals surface area contributed by atoms with E-state index in [1.54, 1.807) is 13.8 Å².